The van der Waals surface area contributed by atoms with Gasteiger partial charge in [-0.3, -0.25) is 4.79 Å². The Morgan fingerprint density at radius 3 is 2.33 bits per heavy atom. The lowest BCUT2D eigenvalue weighted by Gasteiger charge is -2.21. The minimum atomic E-state index is -1.59. The molecule has 1 amide bonds. The molecule has 1 N–H and O–H groups in total. The van der Waals surface area contributed by atoms with Crippen LogP contribution in [0.4, 0.5) is 18.9 Å². The Labute approximate surface area is 137 Å². The van der Waals surface area contributed by atoms with Crippen LogP contribution in [0.5, 0.6) is 0 Å². The maximum absolute atomic E-state index is 13.2. The number of amides is 1. The Bertz CT molecular complexity index is 635. The molecule has 8 heteroatoms. The fourth-order valence-electron chi connectivity index (χ4n) is 2.15. The van der Waals surface area contributed by atoms with Crippen LogP contribution in [0.3, 0.4) is 0 Å². The molecular formula is C16H19F3N2O3. The van der Waals surface area contributed by atoms with Crippen LogP contribution in [-0.4, -0.2) is 30.0 Å². The van der Waals surface area contributed by atoms with Gasteiger partial charge >= 0.3 is 5.97 Å². The van der Waals surface area contributed by atoms with E-state index in [1.807, 2.05) is 0 Å². The fourth-order valence-corrected chi connectivity index (χ4v) is 2.15. The number of carbonyl (C=O) groups is 2. The summed E-state index contributed by atoms with van der Waals surface area (Å²) in [7, 11) is 0. The third-order valence-corrected chi connectivity index (χ3v) is 3.60. The van der Waals surface area contributed by atoms with Gasteiger partial charge < -0.3 is 10.2 Å². The Kier molecular flexibility index (Phi) is 5.17. The number of benzene rings is 1. The van der Waals surface area contributed by atoms with E-state index in [1.54, 1.807) is 20.8 Å². The maximum Gasteiger partial charge on any atom is 0.330 e. The number of nitrogens with one attached hydrogen (secondary N) is 1. The summed E-state index contributed by atoms with van der Waals surface area (Å²) in [5.74, 6) is -5.74. The number of hydrogen-bond donors (Lipinski definition) is 1. The molecule has 1 aliphatic rings. The summed E-state index contributed by atoms with van der Waals surface area (Å²) in [6.45, 7) is 5.71. The largest absolute Gasteiger partial charge is 0.367 e. The minimum Gasteiger partial charge on any atom is -0.367 e. The second kappa shape index (κ2) is 6.80. The van der Waals surface area contributed by atoms with E-state index < -0.39 is 40.7 Å². The molecule has 2 rings (SSSR count). The molecule has 1 aromatic rings. The van der Waals surface area contributed by atoms with Gasteiger partial charge in [0.2, 0.25) is 5.91 Å². The van der Waals surface area contributed by atoms with E-state index in [-0.39, 0.29) is 12.2 Å². The maximum atomic E-state index is 13.2. The lowest BCUT2D eigenvalue weighted by Crippen LogP contribution is -2.33. The van der Waals surface area contributed by atoms with E-state index in [1.165, 1.54) is 5.06 Å². The fraction of sp³-hybridized carbons (Fsp3) is 0.500. The molecule has 5 nitrogen and oxygen atoms in total. The highest BCUT2D eigenvalue weighted by Crippen LogP contribution is 2.23. The SMILES string of the molecule is CC(C)(C)C(=O)ON1CC[C@H](C(=O)Nc2cc(F)c(F)c(F)c2)C1. The average molecular weight is 344 g/mol. The lowest BCUT2D eigenvalue weighted by atomic mass is 9.98. The highest BCUT2D eigenvalue weighted by Gasteiger charge is 2.33. The van der Waals surface area contributed by atoms with Gasteiger partial charge in [-0.1, -0.05) is 0 Å². The molecule has 0 spiro atoms. The quantitative estimate of drug-likeness (QED) is 0.857. The van der Waals surface area contributed by atoms with Gasteiger partial charge in [-0.25, -0.2) is 18.0 Å². The molecule has 0 saturated carbocycles. The minimum absolute atomic E-state index is 0.165. The van der Waals surface area contributed by atoms with Gasteiger partial charge in [0.15, 0.2) is 17.5 Å². The molecule has 132 valence electrons. The highest BCUT2D eigenvalue weighted by atomic mass is 19.2. The summed E-state index contributed by atoms with van der Waals surface area (Å²) in [5, 5.41) is 3.74. The van der Waals surface area contributed by atoms with E-state index in [2.05, 4.69) is 5.32 Å². The van der Waals surface area contributed by atoms with Crippen molar-refractivity contribution in [1.29, 1.82) is 0 Å². The molecule has 1 fully saturated rings. The van der Waals surface area contributed by atoms with Gasteiger partial charge in [0.25, 0.3) is 0 Å². The number of hydrogen-bond acceptors (Lipinski definition) is 4. The third kappa shape index (κ3) is 4.25. The van der Waals surface area contributed by atoms with Crippen molar-refractivity contribution >= 4 is 17.6 Å². The van der Waals surface area contributed by atoms with Gasteiger partial charge in [0.05, 0.1) is 11.3 Å². The molecule has 1 heterocycles. The molecule has 1 aromatic carbocycles. The van der Waals surface area contributed by atoms with E-state index in [4.69, 9.17) is 4.84 Å². The summed E-state index contributed by atoms with van der Waals surface area (Å²) < 4.78 is 39.2. The van der Waals surface area contributed by atoms with Crippen LogP contribution < -0.4 is 5.32 Å². The molecule has 1 atom stereocenters. The first-order valence-corrected chi connectivity index (χ1v) is 7.50. The van der Waals surface area contributed by atoms with Crippen LogP contribution >= 0.6 is 0 Å². The van der Waals surface area contributed by atoms with Crippen LogP contribution in [-0.2, 0) is 14.4 Å². The van der Waals surface area contributed by atoms with Crippen molar-refractivity contribution in [3.63, 3.8) is 0 Å². The smallest absolute Gasteiger partial charge is 0.330 e. The van der Waals surface area contributed by atoms with E-state index >= 15 is 0 Å². The Balaban J connectivity index is 1.94. The zero-order valence-electron chi connectivity index (χ0n) is 13.7. The van der Waals surface area contributed by atoms with Crippen LogP contribution in [0.15, 0.2) is 12.1 Å². The van der Waals surface area contributed by atoms with E-state index in [0.717, 1.165) is 0 Å². The van der Waals surface area contributed by atoms with Crippen molar-refractivity contribution in [3.8, 4) is 0 Å². The van der Waals surface area contributed by atoms with Crippen molar-refractivity contribution in [2.24, 2.45) is 11.3 Å². The predicted molar refractivity (Wildman–Crippen MR) is 80.2 cm³/mol. The van der Waals surface area contributed by atoms with Crippen molar-refractivity contribution in [2.75, 3.05) is 18.4 Å². The van der Waals surface area contributed by atoms with Crippen LogP contribution in [0.25, 0.3) is 0 Å². The molecule has 1 aliphatic heterocycles. The molecule has 24 heavy (non-hydrogen) atoms. The van der Waals surface area contributed by atoms with E-state index in [9.17, 15) is 22.8 Å². The average Bonchev–Trinajstić information content (AvgIpc) is 2.92. The van der Waals surface area contributed by atoms with Crippen LogP contribution in [0.1, 0.15) is 27.2 Å². The summed E-state index contributed by atoms with van der Waals surface area (Å²) in [6.07, 6.45) is 0.426. The summed E-state index contributed by atoms with van der Waals surface area (Å²) in [5.41, 5.74) is -0.828. The number of nitrogens with zero attached hydrogens (tertiary/aromatic N) is 1. The Morgan fingerprint density at radius 1 is 1.21 bits per heavy atom. The number of carbonyl (C=O) groups excluding carboxylic acids is 2. The molecule has 0 aliphatic carbocycles. The zero-order chi connectivity index (χ0) is 18.1. The normalized spacial score (nSPS) is 18.5. The molecule has 0 bridgehead atoms. The topological polar surface area (TPSA) is 58.6 Å². The lowest BCUT2D eigenvalue weighted by molar-refractivity contribution is -0.196. The van der Waals surface area contributed by atoms with Crippen molar-refractivity contribution in [2.45, 2.75) is 27.2 Å². The second-order valence-corrected chi connectivity index (χ2v) is 6.75. The zero-order valence-corrected chi connectivity index (χ0v) is 13.7. The molecule has 0 radical (unpaired) electrons. The number of halogens is 3. The second-order valence-electron chi connectivity index (χ2n) is 6.75. The Hall–Kier alpha value is -2.09. The standard InChI is InChI=1S/C16H19F3N2O3/c1-16(2,3)15(23)24-21-5-4-9(8-21)14(22)20-10-6-11(17)13(19)12(18)7-10/h6-7,9H,4-5,8H2,1-3H3,(H,20,22)/t9-/m0/s1. The van der Waals surface area contributed by atoms with Gasteiger partial charge in [0, 0.05) is 30.9 Å². The van der Waals surface area contributed by atoms with Gasteiger partial charge in [-0.2, -0.15) is 0 Å². The summed E-state index contributed by atoms with van der Waals surface area (Å²) in [4.78, 5) is 29.2. The molecule has 0 aromatic heterocycles. The van der Waals surface area contributed by atoms with Crippen LogP contribution in [0, 0.1) is 28.8 Å². The predicted octanol–water partition coefficient (Wildman–Crippen LogP) is 2.87. The van der Waals surface area contributed by atoms with Crippen molar-refractivity contribution < 1.29 is 27.6 Å². The van der Waals surface area contributed by atoms with Gasteiger partial charge in [0.1, 0.15) is 0 Å². The van der Waals surface area contributed by atoms with Gasteiger partial charge in [-0.15, -0.1) is 5.06 Å². The Morgan fingerprint density at radius 2 is 1.79 bits per heavy atom. The van der Waals surface area contributed by atoms with Crippen molar-refractivity contribution in [1.82, 2.24) is 5.06 Å². The van der Waals surface area contributed by atoms with Crippen LogP contribution in [0.2, 0.25) is 0 Å². The molecular weight excluding hydrogens is 325 g/mol. The first kappa shape index (κ1) is 18.3. The molecule has 1 saturated heterocycles. The number of anilines is 1. The number of hydroxylamine groups is 2. The third-order valence-electron chi connectivity index (χ3n) is 3.60. The summed E-state index contributed by atoms with van der Waals surface area (Å²) in [6, 6.07) is 1.42. The monoisotopic (exact) mass is 344 g/mol. The molecule has 0 unspecified atom stereocenters. The first-order chi connectivity index (χ1) is 11.1. The highest BCUT2D eigenvalue weighted by molar-refractivity contribution is 5.92. The van der Waals surface area contributed by atoms with Gasteiger partial charge in [-0.05, 0) is 27.2 Å². The van der Waals surface area contributed by atoms with E-state index in [0.29, 0.717) is 25.1 Å². The van der Waals surface area contributed by atoms with Crippen molar-refractivity contribution in [3.05, 3.63) is 29.6 Å². The first-order valence-electron chi connectivity index (χ1n) is 7.50. The summed E-state index contributed by atoms with van der Waals surface area (Å²) >= 11 is 0. The number of rotatable bonds is 3.